The van der Waals surface area contributed by atoms with E-state index >= 15 is 0 Å². The van der Waals surface area contributed by atoms with Gasteiger partial charge in [-0.3, -0.25) is 14.4 Å². The number of amides is 1. The molecule has 132 valence electrons. The largest absolute Gasteiger partial charge is 0.415 e. The van der Waals surface area contributed by atoms with E-state index in [0.29, 0.717) is 12.8 Å². The van der Waals surface area contributed by atoms with Crippen molar-refractivity contribution in [1.29, 1.82) is 0 Å². The summed E-state index contributed by atoms with van der Waals surface area (Å²) in [5, 5.41) is 0. The van der Waals surface area contributed by atoms with Crippen molar-refractivity contribution in [2.24, 2.45) is 0 Å². The first-order chi connectivity index (χ1) is 12.6. The second-order valence-corrected chi connectivity index (χ2v) is 5.91. The number of likely N-dealkylation sites (tertiary alicyclic amines) is 1. The number of piperidine rings is 1. The maximum atomic E-state index is 12.6. The fourth-order valence-electron chi connectivity index (χ4n) is 2.68. The number of carbonyl (C=O) groups is 4. The predicted molar refractivity (Wildman–Crippen MR) is 93.4 cm³/mol. The van der Waals surface area contributed by atoms with Crippen LogP contribution in [0.25, 0.3) is 0 Å². The van der Waals surface area contributed by atoms with E-state index in [1.54, 1.807) is 42.5 Å². The van der Waals surface area contributed by atoms with Crippen LogP contribution in [0.15, 0.2) is 54.6 Å². The third kappa shape index (κ3) is 3.85. The summed E-state index contributed by atoms with van der Waals surface area (Å²) in [5.41, 5.74) is 0.302. The predicted octanol–water partition coefficient (Wildman–Crippen LogP) is 2.92. The number of nitrogens with zero attached hydrogens (tertiary/aromatic N) is 1. The van der Waals surface area contributed by atoms with Gasteiger partial charge in [0.15, 0.2) is 0 Å². The molecule has 0 N–H and O–H groups in total. The first-order valence-corrected chi connectivity index (χ1v) is 8.28. The molecule has 1 fully saturated rings. The van der Waals surface area contributed by atoms with Gasteiger partial charge in [-0.15, -0.1) is 0 Å². The van der Waals surface area contributed by atoms with Crippen LogP contribution in [0.4, 0.5) is 4.79 Å². The van der Waals surface area contributed by atoms with E-state index < -0.39 is 17.7 Å². The van der Waals surface area contributed by atoms with Gasteiger partial charge in [-0.2, -0.15) is 0 Å². The average Bonchev–Trinajstić information content (AvgIpc) is 2.68. The lowest BCUT2D eigenvalue weighted by atomic mass is 10.0. The molecule has 2 aromatic carbocycles. The van der Waals surface area contributed by atoms with Gasteiger partial charge in [-0.05, 0) is 12.1 Å². The number of carbonyl (C=O) groups excluding carboxylic acids is 4. The van der Waals surface area contributed by atoms with Gasteiger partial charge in [0.1, 0.15) is 11.5 Å². The molecule has 1 aliphatic rings. The van der Waals surface area contributed by atoms with Crippen molar-refractivity contribution in [3.63, 3.8) is 0 Å². The average molecular weight is 351 g/mol. The van der Waals surface area contributed by atoms with Crippen LogP contribution >= 0.6 is 0 Å². The minimum Gasteiger partial charge on any atom is -0.409 e. The Morgan fingerprint density at radius 2 is 1.42 bits per heavy atom. The standard InChI is InChI=1S/C20H17NO5/c22-15-10-12-21(13-11-15)20(25)26-17-9-5-4-8-16(17)19(24)18(23)14-6-2-1-3-7-14/h1-9H,10-13H2. The zero-order chi connectivity index (χ0) is 18.5. The molecule has 0 bridgehead atoms. The molecule has 1 aliphatic heterocycles. The molecule has 0 aliphatic carbocycles. The molecule has 0 radical (unpaired) electrons. The number of ketones is 3. The molecule has 6 nitrogen and oxygen atoms in total. The van der Waals surface area contributed by atoms with Crippen molar-refractivity contribution in [1.82, 2.24) is 4.90 Å². The number of benzene rings is 2. The van der Waals surface area contributed by atoms with E-state index in [-0.39, 0.29) is 35.7 Å². The lowest BCUT2D eigenvalue weighted by Gasteiger charge is -2.25. The molecule has 1 amide bonds. The van der Waals surface area contributed by atoms with Crippen LogP contribution in [0.3, 0.4) is 0 Å². The molecule has 26 heavy (non-hydrogen) atoms. The third-order valence-electron chi connectivity index (χ3n) is 4.15. The molecule has 0 saturated carbocycles. The summed E-state index contributed by atoms with van der Waals surface area (Å²) in [5.74, 6) is -1.27. The van der Waals surface area contributed by atoms with Crippen LogP contribution in [0, 0.1) is 0 Å². The highest BCUT2D eigenvalue weighted by Gasteiger charge is 2.26. The molecule has 6 heteroatoms. The molecule has 3 rings (SSSR count). The summed E-state index contributed by atoms with van der Waals surface area (Å²) in [6.45, 7) is 0.577. The number of rotatable bonds is 4. The highest BCUT2D eigenvalue weighted by atomic mass is 16.6. The van der Waals surface area contributed by atoms with Crippen molar-refractivity contribution < 1.29 is 23.9 Å². The van der Waals surface area contributed by atoms with E-state index in [4.69, 9.17) is 4.74 Å². The van der Waals surface area contributed by atoms with E-state index in [0.717, 1.165) is 0 Å². The topological polar surface area (TPSA) is 80.8 Å². The van der Waals surface area contributed by atoms with E-state index in [2.05, 4.69) is 0 Å². The lowest BCUT2D eigenvalue weighted by Crippen LogP contribution is -2.40. The number of ether oxygens (including phenoxy) is 1. The van der Waals surface area contributed by atoms with Crippen LogP contribution in [-0.4, -0.2) is 41.4 Å². The van der Waals surface area contributed by atoms with Gasteiger partial charge in [0, 0.05) is 31.5 Å². The normalized spacial score (nSPS) is 14.0. The second kappa shape index (κ2) is 7.74. The summed E-state index contributed by atoms with van der Waals surface area (Å²) in [6, 6.07) is 14.3. The maximum Gasteiger partial charge on any atom is 0.415 e. The second-order valence-electron chi connectivity index (χ2n) is 5.91. The molecular weight excluding hydrogens is 334 g/mol. The molecule has 0 spiro atoms. The maximum absolute atomic E-state index is 12.6. The molecule has 0 unspecified atom stereocenters. The Kier molecular flexibility index (Phi) is 5.22. The fourth-order valence-corrected chi connectivity index (χ4v) is 2.68. The van der Waals surface area contributed by atoms with Crippen molar-refractivity contribution in [3.8, 4) is 5.75 Å². The molecule has 1 saturated heterocycles. The van der Waals surface area contributed by atoms with Gasteiger partial charge in [0.05, 0.1) is 5.56 Å². The van der Waals surface area contributed by atoms with E-state index in [1.807, 2.05) is 0 Å². The Bertz CT molecular complexity index is 850. The van der Waals surface area contributed by atoms with Crippen molar-refractivity contribution in [2.75, 3.05) is 13.1 Å². The van der Waals surface area contributed by atoms with Crippen LogP contribution in [0.1, 0.15) is 33.6 Å². The van der Waals surface area contributed by atoms with E-state index in [9.17, 15) is 19.2 Å². The monoisotopic (exact) mass is 351 g/mol. The van der Waals surface area contributed by atoms with Crippen LogP contribution in [0.2, 0.25) is 0 Å². The van der Waals surface area contributed by atoms with Gasteiger partial charge in [-0.25, -0.2) is 4.79 Å². The Hall–Kier alpha value is -3.28. The number of hydrogen-bond donors (Lipinski definition) is 0. The molecule has 2 aromatic rings. The summed E-state index contributed by atoms with van der Waals surface area (Å²) >= 11 is 0. The zero-order valence-corrected chi connectivity index (χ0v) is 14.0. The highest BCUT2D eigenvalue weighted by molar-refractivity contribution is 6.49. The fraction of sp³-hybridized carbons (Fsp3) is 0.200. The van der Waals surface area contributed by atoms with Gasteiger partial charge in [0.25, 0.3) is 0 Å². The van der Waals surface area contributed by atoms with Crippen molar-refractivity contribution >= 4 is 23.4 Å². The third-order valence-corrected chi connectivity index (χ3v) is 4.15. The smallest absolute Gasteiger partial charge is 0.409 e. The Labute approximate surface area is 150 Å². The summed E-state index contributed by atoms with van der Waals surface area (Å²) in [7, 11) is 0. The number of Topliss-reactive ketones (excluding diaryl/α,β-unsaturated/α-hetero) is 3. The Balaban J connectivity index is 1.78. The van der Waals surface area contributed by atoms with E-state index in [1.165, 1.54) is 17.0 Å². The Morgan fingerprint density at radius 3 is 2.12 bits per heavy atom. The Morgan fingerprint density at radius 1 is 0.808 bits per heavy atom. The van der Waals surface area contributed by atoms with Crippen molar-refractivity contribution in [2.45, 2.75) is 12.8 Å². The molecule has 0 aromatic heterocycles. The van der Waals surface area contributed by atoms with Crippen LogP contribution in [-0.2, 0) is 4.79 Å². The lowest BCUT2D eigenvalue weighted by molar-refractivity contribution is -0.121. The summed E-state index contributed by atoms with van der Waals surface area (Å²) in [4.78, 5) is 49.9. The number of hydrogen-bond acceptors (Lipinski definition) is 5. The molecule has 1 heterocycles. The minimum absolute atomic E-state index is 0.0304. The first-order valence-electron chi connectivity index (χ1n) is 8.28. The van der Waals surface area contributed by atoms with Gasteiger partial charge in [0.2, 0.25) is 11.6 Å². The molecule has 0 atom stereocenters. The minimum atomic E-state index is -0.742. The quantitative estimate of drug-likeness (QED) is 0.625. The van der Waals surface area contributed by atoms with Gasteiger partial charge >= 0.3 is 6.09 Å². The van der Waals surface area contributed by atoms with Crippen molar-refractivity contribution in [3.05, 3.63) is 65.7 Å². The SMILES string of the molecule is O=C1CCN(C(=O)Oc2ccccc2C(=O)C(=O)c2ccccc2)CC1. The summed E-state index contributed by atoms with van der Waals surface area (Å²) in [6.07, 6.45) is -0.0467. The summed E-state index contributed by atoms with van der Waals surface area (Å²) < 4.78 is 5.33. The van der Waals surface area contributed by atoms with Crippen LogP contribution < -0.4 is 4.74 Å². The molecular formula is C20H17NO5. The van der Waals surface area contributed by atoms with Gasteiger partial charge in [-0.1, -0.05) is 42.5 Å². The zero-order valence-electron chi connectivity index (χ0n) is 14.0. The number of para-hydroxylation sites is 1. The van der Waals surface area contributed by atoms with Crippen LogP contribution in [0.5, 0.6) is 5.75 Å². The van der Waals surface area contributed by atoms with Gasteiger partial charge < -0.3 is 9.64 Å². The first kappa shape index (κ1) is 17.5. The highest BCUT2D eigenvalue weighted by Crippen LogP contribution is 2.22.